The number of nitrogens with zero attached hydrogens (tertiary/aromatic N) is 3. The summed E-state index contributed by atoms with van der Waals surface area (Å²) in [6, 6.07) is 54.2. The van der Waals surface area contributed by atoms with Crippen molar-refractivity contribution in [2.24, 2.45) is 0 Å². The van der Waals surface area contributed by atoms with Crippen LogP contribution in [0.4, 0.5) is 0 Å². The van der Waals surface area contributed by atoms with Crippen LogP contribution in [-0.4, -0.2) is 14.5 Å². The zero-order valence-corrected chi connectivity index (χ0v) is 24.4. The summed E-state index contributed by atoms with van der Waals surface area (Å²) < 4.78 is 2.43. The third kappa shape index (κ3) is 4.21. The fourth-order valence-electron chi connectivity index (χ4n) is 6.72. The highest BCUT2D eigenvalue weighted by atomic mass is 15.0. The molecule has 0 unspecified atom stereocenters. The van der Waals surface area contributed by atoms with Gasteiger partial charge in [0, 0.05) is 39.8 Å². The number of fused-ring (bicyclic) bond motifs is 7. The number of para-hydroxylation sites is 1. The lowest BCUT2D eigenvalue weighted by atomic mass is 9.96. The molecule has 0 N–H and O–H groups in total. The molecule has 3 aromatic heterocycles. The first-order valence-corrected chi connectivity index (χ1v) is 15.2. The van der Waals surface area contributed by atoms with Crippen LogP contribution >= 0.6 is 0 Å². The standard InChI is InChI=1S/C42H27N3/c1-2-8-28(9-3-1)29-13-18-33(19-14-29)45-41-12-5-4-10-36(41)38-23-22-35-34-20-15-30(26-31(34)16-21-37(35)42(38)45)32-17-24-40(44-27-32)39-11-6-7-25-43-39/h1-27H. The first kappa shape index (κ1) is 25.4. The van der Waals surface area contributed by atoms with Crippen LogP contribution in [0.25, 0.3) is 82.7 Å². The number of benzene rings is 6. The van der Waals surface area contributed by atoms with Crippen molar-refractivity contribution in [1.82, 2.24) is 14.5 Å². The molecule has 0 aliphatic heterocycles. The molecule has 0 aliphatic rings. The molecule has 3 heteroatoms. The quantitative estimate of drug-likeness (QED) is 0.196. The van der Waals surface area contributed by atoms with Crippen molar-refractivity contribution >= 4 is 43.4 Å². The Hall–Kier alpha value is -6.06. The maximum absolute atomic E-state index is 4.71. The molecule has 210 valence electrons. The van der Waals surface area contributed by atoms with E-state index in [9.17, 15) is 0 Å². The molecule has 0 bridgehead atoms. The van der Waals surface area contributed by atoms with E-state index >= 15 is 0 Å². The molecule has 0 radical (unpaired) electrons. The number of aromatic nitrogens is 3. The van der Waals surface area contributed by atoms with Crippen molar-refractivity contribution in [3.05, 3.63) is 164 Å². The average molecular weight is 574 g/mol. The summed E-state index contributed by atoms with van der Waals surface area (Å²) in [4.78, 5) is 9.14. The molecule has 0 atom stereocenters. The van der Waals surface area contributed by atoms with E-state index in [2.05, 4.69) is 137 Å². The second kappa shape index (κ2) is 10.3. The van der Waals surface area contributed by atoms with Crippen LogP contribution in [0.15, 0.2) is 164 Å². The van der Waals surface area contributed by atoms with Crippen molar-refractivity contribution in [3.63, 3.8) is 0 Å². The Labute approximate surface area is 260 Å². The van der Waals surface area contributed by atoms with E-state index in [1.807, 2.05) is 30.5 Å². The summed E-state index contributed by atoms with van der Waals surface area (Å²) in [7, 11) is 0. The molecular formula is C42H27N3. The Bertz CT molecular complexity index is 2490. The van der Waals surface area contributed by atoms with Crippen molar-refractivity contribution < 1.29 is 0 Å². The summed E-state index contributed by atoms with van der Waals surface area (Å²) in [6.45, 7) is 0. The lowest BCUT2D eigenvalue weighted by Crippen LogP contribution is -1.94. The van der Waals surface area contributed by atoms with Gasteiger partial charge in [0.1, 0.15) is 0 Å². The molecule has 0 saturated carbocycles. The van der Waals surface area contributed by atoms with Crippen LogP contribution in [-0.2, 0) is 0 Å². The minimum absolute atomic E-state index is 0.875. The third-order valence-corrected chi connectivity index (χ3v) is 8.90. The highest BCUT2D eigenvalue weighted by molar-refractivity contribution is 6.23. The molecular weight excluding hydrogens is 546 g/mol. The van der Waals surface area contributed by atoms with Crippen molar-refractivity contribution in [1.29, 1.82) is 0 Å². The lowest BCUT2D eigenvalue weighted by molar-refractivity contribution is 1.19. The Morgan fingerprint density at radius 2 is 1.07 bits per heavy atom. The molecule has 0 saturated heterocycles. The van der Waals surface area contributed by atoms with Gasteiger partial charge in [0.2, 0.25) is 0 Å². The topological polar surface area (TPSA) is 30.7 Å². The normalized spacial score (nSPS) is 11.6. The summed E-state index contributed by atoms with van der Waals surface area (Å²) in [5.74, 6) is 0. The van der Waals surface area contributed by atoms with E-state index in [0.717, 1.165) is 28.2 Å². The SMILES string of the molecule is c1ccc(-c2ccc(-n3c4ccccc4c4ccc5c6ccc(-c7ccc(-c8ccccn8)nc7)cc6ccc5c43)cc2)cc1. The second-order valence-electron chi connectivity index (χ2n) is 11.5. The number of pyridine rings is 2. The van der Waals surface area contributed by atoms with Gasteiger partial charge in [0.15, 0.2) is 0 Å². The summed E-state index contributed by atoms with van der Waals surface area (Å²) in [5.41, 5.74) is 10.0. The van der Waals surface area contributed by atoms with Crippen LogP contribution in [0.5, 0.6) is 0 Å². The molecule has 0 fully saturated rings. The molecule has 0 amide bonds. The molecule has 45 heavy (non-hydrogen) atoms. The van der Waals surface area contributed by atoms with Gasteiger partial charge in [-0.1, -0.05) is 109 Å². The van der Waals surface area contributed by atoms with Crippen LogP contribution in [0.1, 0.15) is 0 Å². The molecule has 6 aromatic carbocycles. The largest absolute Gasteiger partial charge is 0.309 e. The Balaban J connectivity index is 1.19. The first-order valence-electron chi connectivity index (χ1n) is 15.2. The molecule has 9 aromatic rings. The summed E-state index contributed by atoms with van der Waals surface area (Å²) in [6.07, 6.45) is 3.74. The van der Waals surface area contributed by atoms with Crippen molar-refractivity contribution in [3.8, 4) is 39.3 Å². The van der Waals surface area contributed by atoms with Gasteiger partial charge < -0.3 is 4.57 Å². The molecule has 0 spiro atoms. The highest BCUT2D eigenvalue weighted by Gasteiger charge is 2.16. The van der Waals surface area contributed by atoms with Crippen LogP contribution < -0.4 is 0 Å². The van der Waals surface area contributed by atoms with Crippen LogP contribution in [0.2, 0.25) is 0 Å². The lowest BCUT2D eigenvalue weighted by Gasteiger charge is -2.13. The maximum Gasteiger partial charge on any atom is 0.0886 e. The van der Waals surface area contributed by atoms with Gasteiger partial charge >= 0.3 is 0 Å². The van der Waals surface area contributed by atoms with Gasteiger partial charge in [0.25, 0.3) is 0 Å². The van der Waals surface area contributed by atoms with Crippen molar-refractivity contribution in [2.45, 2.75) is 0 Å². The van der Waals surface area contributed by atoms with Crippen LogP contribution in [0, 0.1) is 0 Å². The fourth-order valence-corrected chi connectivity index (χ4v) is 6.72. The van der Waals surface area contributed by atoms with Gasteiger partial charge in [-0.2, -0.15) is 0 Å². The minimum atomic E-state index is 0.875. The number of rotatable bonds is 4. The number of hydrogen-bond donors (Lipinski definition) is 0. The van der Waals surface area contributed by atoms with Gasteiger partial charge in [-0.15, -0.1) is 0 Å². The van der Waals surface area contributed by atoms with E-state index in [1.54, 1.807) is 6.20 Å². The summed E-state index contributed by atoms with van der Waals surface area (Å²) in [5, 5.41) is 7.48. The van der Waals surface area contributed by atoms with Crippen LogP contribution in [0.3, 0.4) is 0 Å². The fraction of sp³-hybridized carbons (Fsp3) is 0. The smallest absolute Gasteiger partial charge is 0.0886 e. The molecule has 3 heterocycles. The Morgan fingerprint density at radius 1 is 0.400 bits per heavy atom. The minimum Gasteiger partial charge on any atom is -0.309 e. The van der Waals surface area contributed by atoms with Gasteiger partial charge in [-0.3, -0.25) is 9.97 Å². The first-order chi connectivity index (χ1) is 22.3. The highest BCUT2D eigenvalue weighted by Crippen LogP contribution is 2.39. The predicted octanol–water partition coefficient (Wildman–Crippen LogP) is 10.9. The van der Waals surface area contributed by atoms with Gasteiger partial charge in [-0.25, -0.2) is 0 Å². The van der Waals surface area contributed by atoms with E-state index in [4.69, 9.17) is 4.98 Å². The van der Waals surface area contributed by atoms with Crippen molar-refractivity contribution in [2.75, 3.05) is 0 Å². The Kier molecular flexibility index (Phi) is 5.82. The average Bonchev–Trinajstić information content (AvgIpc) is 3.47. The Morgan fingerprint density at radius 3 is 1.89 bits per heavy atom. The summed E-state index contributed by atoms with van der Waals surface area (Å²) >= 11 is 0. The number of hydrogen-bond acceptors (Lipinski definition) is 2. The maximum atomic E-state index is 4.71. The van der Waals surface area contributed by atoms with E-state index in [1.165, 1.54) is 54.5 Å². The second-order valence-corrected chi connectivity index (χ2v) is 11.5. The van der Waals surface area contributed by atoms with E-state index < -0.39 is 0 Å². The van der Waals surface area contributed by atoms with E-state index in [-0.39, 0.29) is 0 Å². The molecule has 0 aliphatic carbocycles. The van der Waals surface area contributed by atoms with E-state index in [0.29, 0.717) is 0 Å². The molecule has 9 rings (SSSR count). The molecule has 3 nitrogen and oxygen atoms in total. The predicted molar refractivity (Wildman–Crippen MR) is 188 cm³/mol. The zero-order chi connectivity index (χ0) is 29.7. The van der Waals surface area contributed by atoms with Gasteiger partial charge in [-0.05, 0) is 75.3 Å². The monoisotopic (exact) mass is 573 g/mol. The van der Waals surface area contributed by atoms with Gasteiger partial charge in [0.05, 0.1) is 22.4 Å². The third-order valence-electron chi connectivity index (χ3n) is 8.90. The zero-order valence-electron chi connectivity index (χ0n) is 24.4.